The van der Waals surface area contributed by atoms with E-state index in [2.05, 4.69) is 13.8 Å². The van der Waals surface area contributed by atoms with Crippen LogP contribution in [0, 0.1) is 0 Å². The molecule has 0 aromatic carbocycles. The Kier molecular flexibility index (Phi) is 25.6. The quantitative estimate of drug-likeness (QED) is 0.0280. The molecule has 0 spiro atoms. The summed E-state index contributed by atoms with van der Waals surface area (Å²) < 4.78 is 15.9. The Morgan fingerprint density at radius 3 is 1.10 bits per heavy atom. The Bertz CT molecular complexity index is 764. The van der Waals surface area contributed by atoms with E-state index >= 15 is 0 Å². The van der Waals surface area contributed by atoms with Gasteiger partial charge in [-0.3, -0.25) is 14.3 Å². The van der Waals surface area contributed by atoms with Crippen LogP contribution in [0.4, 0.5) is 0 Å². The molecule has 10 heteroatoms. The number of aliphatic hydroxyl groups excluding tert-OH is 4. The number of unbranched alkanes of at least 4 members (excludes halogenated alkanes) is 24. The van der Waals surface area contributed by atoms with Crippen LogP contribution in [-0.4, -0.2) is 74.2 Å². The third-order valence-electron chi connectivity index (χ3n) is 9.50. The number of carbonyl (C=O) groups is 2. The van der Waals surface area contributed by atoms with Gasteiger partial charge in [-0.15, -0.1) is 0 Å². The summed E-state index contributed by atoms with van der Waals surface area (Å²) in [5.74, 6) is -7.49. The van der Waals surface area contributed by atoms with E-state index in [-0.39, 0.29) is 12.8 Å². The maximum absolute atomic E-state index is 12.8. The number of carbonyl (C=O) groups excluding carboxylic acids is 2. The fraction of sp³-hybridized carbons (Fsp3) is 0.947. The Morgan fingerprint density at radius 1 is 0.521 bits per heavy atom. The zero-order valence-corrected chi connectivity index (χ0v) is 30.5. The minimum absolute atomic E-state index is 0.0673. The molecule has 284 valence electrons. The maximum atomic E-state index is 12.8. The van der Waals surface area contributed by atoms with E-state index in [4.69, 9.17) is 14.2 Å². The first kappa shape index (κ1) is 44.7. The smallest absolute Gasteiger partial charge is 0.396 e. The van der Waals surface area contributed by atoms with Crippen molar-refractivity contribution in [3.05, 3.63) is 0 Å². The van der Waals surface area contributed by atoms with Crippen molar-refractivity contribution in [3.63, 3.8) is 0 Å². The summed E-state index contributed by atoms with van der Waals surface area (Å²) in [4.78, 5) is 25.7. The molecule has 1 heterocycles. The largest absolute Gasteiger partial charge is 0.409 e. The fourth-order valence-electron chi connectivity index (χ4n) is 6.32. The molecule has 1 aliphatic heterocycles. The standard InChI is InChI=1S/C38H72O10/c1-3-5-7-9-11-13-15-17-19-21-23-25-27-29-32(40)46-38(36(44)34(42)35(43)37(45,31-39)48-38)47-33(41)30-28-26-24-22-20-18-16-14-12-10-8-6-4-2/h34-36,39,42-45H,3-31H2,1-2H3/t34-,35-,36-,37-/m0/s1. The van der Waals surface area contributed by atoms with Gasteiger partial charge in [-0.2, -0.15) is 0 Å². The molecule has 0 amide bonds. The summed E-state index contributed by atoms with van der Waals surface area (Å²) in [5, 5.41) is 51.7. The minimum Gasteiger partial charge on any atom is -0.396 e. The number of aliphatic hydroxyl groups is 5. The fourth-order valence-corrected chi connectivity index (χ4v) is 6.32. The lowest BCUT2D eigenvalue weighted by atomic mass is 9.95. The van der Waals surface area contributed by atoms with Gasteiger partial charge in [-0.1, -0.05) is 168 Å². The van der Waals surface area contributed by atoms with E-state index in [1.165, 1.54) is 103 Å². The van der Waals surface area contributed by atoms with Gasteiger partial charge >= 0.3 is 17.9 Å². The second-order valence-corrected chi connectivity index (χ2v) is 14.0. The molecule has 4 atom stereocenters. The minimum atomic E-state index is -2.92. The molecule has 0 aromatic rings. The summed E-state index contributed by atoms with van der Waals surface area (Å²) in [5.41, 5.74) is 0. The summed E-state index contributed by atoms with van der Waals surface area (Å²) in [6.07, 6.45) is 22.9. The van der Waals surface area contributed by atoms with E-state index in [9.17, 15) is 35.1 Å². The molecule has 0 bridgehead atoms. The van der Waals surface area contributed by atoms with Crippen LogP contribution in [0.3, 0.4) is 0 Å². The van der Waals surface area contributed by atoms with Crippen molar-refractivity contribution in [2.24, 2.45) is 0 Å². The monoisotopic (exact) mass is 689 g/mol. The molecule has 0 saturated carbocycles. The zero-order valence-electron chi connectivity index (χ0n) is 30.5. The van der Waals surface area contributed by atoms with Crippen LogP contribution in [0.2, 0.25) is 0 Å². The molecule has 0 aliphatic carbocycles. The van der Waals surface area contributed by atoms with Gasteiger partial charge in [-0.25, -0.2) is 0 Å². The molecule has 0 unspecified atom stereocenters. The summed E-state index contributed by atoms with van der Waals surface area (Å²) >= 11 is 0. The first-order chi connectivity index (χ1) is 23.2. The molecular formula is C38H72O10. The van der Waals surface area contributed by atoms with Crippen LogP contribution >= 0.6 is 0 Å². The maximum Gasteiger partial charge on any atom is 0.409 e. The number of ether oxygens (including phenoxy) is 3. The van der Waals surface area contributed by atoms with Crippen molar-refractivity contribution in [2.75, 3.05) is 6.61 Å². The summed E-state index contributed by atoms with van der Waals surface area (Å²) in [6, 6.07) is 0. The number of hydrogen-bond donors (Lipinski definition) is 5. The van der Waals surface area contributed by atoms with Gasteiger partial charge in [0.2, 0.25) is 5.79 Å². The molecule has 0 aromatic heterocycles. The van der Waals surface area contributed by atoms with Crippen LogP contribution in [0.1, 0.15) is 194 Å². The highest BCUT2D eigenvalue weighted by Crippen LogP contribution is 2.38. The first-order valence-corrected chi connectivity index (χ1v) is 19.7. The second kappa shape index (κ2) is 27.4. The van der Waals surface area contributed by atoms with E-state index in [0.717, 1.165) is 51.4 Å². The van der Waals surface area contributed by atoms with Crippen molar-refractivity contribution >= 4 is 11.9 Å². The Hall–Kier alpha value is -1.30. The van der Waals surface area contributed by atoms with Crippen LogP contribution < -0.4 is 0 Å². The molecule has 1 aliphatic rings. The van der Waals surface area contributed by atoms with Gasteiger partial charge < -0.3 is 35.0 Å². The molecule has 5 N–H and O–H groups in total. The third kappa shape index (κ3) is 18.6. The SMILES string of the molecule is CCCCCCCCCCCCCCCC(=O)OC1(OC(=O)CCCCCCCCCCCCCCC)O[C@@](O)(CO)[C@@H](O)[C@H](O)[C@@H]1O. The number of hydrogen-bond acceptors (Lipinski definition) is 10. The van der Waals surface area contributed by atoms with Gasteiger partial charge in [-0.05, 0) is 12.8 Å². The lowest BCUT2D eigenvalue weighted by Crippen LogP contribution is -2.73. The van der Waals surface area contributed by atoms with Gasteiger partial charge in [0.05, 0.1) is 0 Å². The highest BCUT2D eigenvalue weighted by Gasteiger charge is 2.65. The van der Waals surface area contributed by atoms with Crippen molar-refractivity contribution < 1.29 is 49.3 Å². The Morgan fingerprint density at radius 2 is 0.812 bits per heavy atom. The summed E-state index contributed by atoms with van der Waals surface area (Å²) in [7, 11) is 0. The molecule has 10 nitrogen and oxygen atoms in total. The normalized spacial score (nSPS) is 22.1. The van der Waals surface area contributed by atoms with E-state index in [0.29, 0.717) is 12.8 Å². The Labute approximate surface area is 291 Å². The van der Waals surface area contributed by atoms with Crippen molar-refractivity contribution in [1.82, 2.24) is 0 Å². The van der Waals surface area contributed by atoms with Gasteiger partial charge in [0, 0.05) is 12.8 Å². The molecule has 48 heavy (non-hydrogen) atoms. The van der Waals surface area contributed by atoms with Crippen LogP contribution in [0.5, 0.6) is 0 Å². The predicted octanol–water partition coefficient (Wildman–Crippen LogP) is 7.48. The second-order valence-electron chi connectivity index (χ2n) is 14.0. The lowest BCUT2D eigenvalue weighted by molar-refractivity contribution is -0.491. The highest BCUT2D eigenvalue weighted by atomic mass is 16.9. The van der Waals surface area contributed by atoms with Crippen molar-refractivity contribution in [2.45, 2.75) is 224 Å². The third-order valence-corrected chi connectivity index (χ3v) is 9.50. The van der Waals surface area contributed by atoms with Gasteiger partial charge in [0.1, 0.15) is 18.8 Å². The summed E-state index contributed by atoms with van der Waals surface area (Å²) in [6.45, 7) is 3.24. The van der Waals surface area contributed by atoms with Gasteiger partial charge in [0.15, 0.2) is 6.10 Å². The van der Waals surface area contributed by atoms with E-state index < -0.39 is 48.6 Å². The van der Waals surface area contributed by atoms with Crippen LogP contribution in [-0.2, 0) is 23.8 Å². The van der Waals surface area contributed by atoms with E-state index in [1.807, 2.05) is 0 Å². The zero-order chi connectivity index (χ0) is 35.5. The average Bonchev–Trinajstić information content (AvgIpc) is 3.07. The highest BCUT2D eigenvalue weighted by molar-refractivity contribution is 5.72. The Balaban J connectivity index is 2.45. The number of esters is 2. The van der Waals surface area contributed by atoms with E-state index in [1.54, 1.807) is 0 Å². The van der Waals surface area contributed by atoms with Crippen LogP contribution in [0.15, 0.2) is 0 Å². The predicted molar refractivity (Wildman–Crippen MR) is 187 cm³/mol. The topological polar surface area (TPSA) is 163 Å². The molecule has 1 saturated heterocycles. The average molecular weight is 689 g/mol. The number of rotatable bonds is 31. The molecular weight excluding hydrogens is 616 g/mol. The van der Waals surface area contributed by atoms with Gasteiger partial charge in [0.25, 0.3) is 0 Å². The van der Waals surface area contributed by atoms with Crippen molar-refractivity contribution in [1.29, 1.82) is 0 Å². The van der Waals surface area contributed by atoms with Crippen LogP contribution in [0.25, 0.3) is 0 Å². The first-order valence-electron chi connectivity index (χ1n) is 19.7. The molecule has 1 fully saturated rings. The molecule has 1 rings (SSSR count). The molecule has 0 radical (unpaired) electrons. The lowest BCUT2D eigenvalue weighted by Gasteiger charge is -2.49. The van der Waals surface area contributed by atoms with Crippen molar-refractivity contribution in [3.8, 4) is 0 Å².